The number of halogens is 3. The van der Waals surface area contributed by atoms with Crippen molar-refractivity contribution in [2.45, 2.75) is 53.8 Å². The highest BCUT2D eigenvalue weighted by Gasteiger charge is 2.60. The van der Waals surface area contributed by atoms with Crippen LogP contribution in [0.1, 0.15) is 19.8 Å². The molecular formula is C13H18Cl3NO8. The maximum atomic E-state index is 12.5. The topological polar surface area (TPSA) is 157 Å². The van der Waals surface area contributed by atoms with Crippen molar-refractivity contribution >= 4 is 52.3 Å². The predicted octanol–water partition coefficient (Wildman–Crippen LogP) is -0.541. The average Bonchev–Trinajstić information content (AvgIpc) is 2.52. The number of nitrogens with one attached hydrogen (secondary N) is 1. The molecule has 1 aliphatic rings. The number of ether oxygens (including phenoxy) is 2. The van der Waals surface area contributed by atoms with Crippen LogP contribution in [0.25, 0.3) is 0 Å². The molecule has 5 N–H and O–H groups in total. The molecule has 1 saturated heterocycles. The van der Waals surface area contributed by atoms with Crippen molar-refractivity contribution in [2.75, 3.05) is 6.61 Å². The monoisotopic (exact) mass is 421 g/mol. The average molecular weight is 423 g/mol. The Bertz CT molecular complexity index is 538. The van der Waals surface area contributed by atoms with Crippen molar-refractivity contribution in [2.24, 2.45) is 0 Å². The van der Waals surface area contributed by atoms with E-state index in [1.807, 2.05) is 0 Å². The van der Waals surface area contributed by atoms with E-state index in [9.17, 15) is 30.0 Å². The van der Waals surface area contributed by atoms with Crippen LogP contribution in [0.5, 0.6) is 0 Å². The van der Waals surface area contributed by atoms with Gasteiger partial charge in [-0.2, -0.15) is 0 Å². The fourth-order valence-electron chi connectivity index (χ4n) is 2.19. The van der Waals surface area contributed by atoms with Gasteiger partial charge in [0.2, 0.25) is 11.7 Å². The maximum Gasteiger partial charge on any atom is 0.301 e. The van der Waals surface area contributed by atoms with Crippen LogP contribution in [0.2, 0.25) is 0 Å². The first-order valence-electron chi connectivity index (χ1n) is 7.07. The first-order chi connectivity index (χ1) is 11.4. The molecule has 5 atom stereocenters. The van der Waals surface area contributed by atoms with E-state index in [1.165, 1.54) is 6.92 Å². The Labute approximate surface area is 157 Å². The summed E-state index contributed by atoms with van der Waals surface area (Å²) in [4.78, 5) is 23.7. The summed E-state index contributed by atoms with van der Waals surface area (Å²) in [6.07, 6.45) is -8.18. The van der Waals surface area contributed by atoms with Crippen LogP contribution in [-0.2, 0) is 19.1 Å². The van der Waals surface area contributed by atoms with Gasteiger partial charge < -0.3 is 34.7 Å². The summed E-state index contributed by atoms with van der Waals surface area (Å²) >= 11 is 16.5. The van der Waals surface area contributed by atoms with Crippen LogP contribution >= 0.6 is 34.8 Å². The Morgan fingerprint density at radius 2 is 1.76 bits per heavy atom. The van der Waals surface area contributed by atoms with E-state index in [1.54, 1.807) is 0 Å². The lowest BCUT2D eigenvalue weighted by Crippen LogP contribution is -2.70. The molecule has 144 valence electrons. The first kappa shape index (κ1) is 22.5. The number of carbonyl (C=O) groups excluding carboxylic acids is 2. The van der Waals surface area contributed by atoms with Crippen molar-refractivity contribution in [3.8, 4) is 0 Å². The minimum Gasteiger partial charge on any atom is -0.435 e. The van der Waals surface area contributed by atoms with E-state index in [4.69, 9.17) is 49.7 Å². The highest BCUT2D eigenvalue weighted by molar-refractivity contribution is 6.76. The second kappa shape index (κ2) is 8.45. The Hall–Kier alpha value is -0.520. The van der Waals surface area contributed by atoms with Gasteiger partial charge in [-0.15, -0.1) is 0 Å². The Balaban J connectivity index is 3.28. The summed E-state index contributed by atoms with van der Waals surface area (Å²) < 4.78 is 7.72. The highest BCUT2D eigenvalue weighted by Crippen LogP contribution is 2.37. The number of hydrogen-bond donors (Lipinski definition) is 5. The third kappa shape index (κ3) is 5.01. The number of Topliss-reactive ketones (excluding diaryl/α,β-unsaturated/α-hetero) is 2. The van der Waals surface area contributed by atoms with Gasteiger partial charge in [-0.05, 0) is 6.92 Å². The van der Waals surface area contributed by atoms with E-state index in [-0.39, 0.29) is 12.2 Å². The number of aliphatic hydroxyl groups excluding tert-OH is 4. The lowest BCUT2D eigenvalue weighted by atomic mass is 9.88. The van der Waals surface area contributed by atoms with Gasteiger partial charge in [-0.1, -0.05) is 34.8 Å². The van der Waals surface area contributed by atoms with Crippen molar-refractivity contribution in [1.82, 2.24) is 0 Å². The van der Waals surface area contributed by atoms with E-state index >= 15 is 0 Å². The van der Waals surface area contributed by atoms with Gasteiger partial charge in [0, 0.05) is 12.8 Å². The van der Waals surface area contributed by atoms with E-state index < -0.39 is 58.7 Å². The molecule has 0 aliphatic carbocycles. The molecular weight excluding hydrogens is 405 g/mol. The molecule has 0 radical (unpaired) electrons. The zero-order valence-electron chi connectivity index (χ0n) is 13.0. The zero-order valence-corrected chi connectivity index (χ0v) is 15.3. The normalized spacial score (nSPS) is 33.0. The molecule has 1 heterocycles. The summed E-state index contributed by atoms with van der Waals surface area (Å²) in [7, 11) is 0. The van der Waals surface area contributed by atoms with Gasteiger partial charge >= 0.3 is 5.79 Å². The van der Waals surface area contributed by atoms with Crippen LogP contribution in [0, 0.1) is 5.41 Å². The quantitative estimate of drug-likeness (QED) is 0.217. The molecule has 0 amide bonds. The number of rotatable bonds is 6. The molecule has 0 bridgehead atoms. The van der Waals surface area contributed by atoms with Gasteiger partial charge in [-0.25, -0.2) is 0 Å². The Morgan fingerprint density at radius 3 is 2.20 bits per heavy atom. The molecule has 0 saturated carbocycles. The molecule has 25 heavy (non-hydrogen) atoms. The number of carbonyl (C=O) groups is 2. The van der Waals surface area contributed by atoms with Gasteiger partial charge in [0.15, 0.2) is 6.10 Å². The van der Waals surface area contributed by atoms with Crippen molar-refractivity contribution in [3.05, 3.63) is 0 Å². The second-order valence-electron chi connectivity index (χ2n) is 5.49. The van der Waals surface area contributed by atoms with Crippen LogP contribution < -0.4 is 0 Å². The molecule has 9 nitrogen and oxygen atoms in total. The molecule has 1 aliphatic heterocycles. The molecule has 0 aromatic rings. The lowest BCUT2D eigenvalue weighted by Gasteiger charge is -2.47. The zero-order chi connectivity index (χ0) is 19.6. The minimum absolute atomic E-state index is 0.246. The van der Waals surface area contributed by atoms with E-state index in [2.05, 4.69) is 0 Å². The number of alkyl halides is 3. The highest BCUT2D eigenvalue weighted by atomic mass is 35.6. The molecule has 12 heteroatoms. The lowest BCUT2D eigenvalue weighted by molar-refractivity contribution is -0.325. The van der Waals surface area contributed by atoms with Gasteiger partial charge in [0.1, 0.15) is 24.1 Å². The molecule has 1 unspecified atom stereocenters. The standard InChI is InChI=1S/C13H18Cl3NO8/c1-5(19)2-3-7(20)12(25-11(17)13(14,15)16)10(23)9(22)8(21)6(4-18)24-12/h6,8-10,17-18,21-23H,2-4H2,1H3/t6-,8-,9+,10-,12?/m1/s1. The minimum atomic E-state index is -2.75. The summed E-state index contributed by atoms with van der Waals surface area (Å²) in [5, 5.41) is 46.9. The van der Waals surface area contributed by atoms with E-state index in [0.717, 1.165) is 0 Å². The van der Waals surface area contributed by atoms with Crippen LogP contribution in [0.15, 0.2) is 0 Å². The predicted molar refractivity (Wildman–Crippen MR) is 86.7 cm³/mol. The van der Waals surface area contributed by atoms with Crippen LogP contribution in [0.3, 0.4) is 0 Å². The SMILES string of the molecule is CC(=O)CCC(=O)C1(OC(=N)C(Cl)(Cl)Cl)O[C@H](CO)[C@@H](O)[C@H](O)[C@H]1O. The molecule has 1 fully saturated rings. The number of hydrogen-bond acceptors (Lipinski definition) is 9. The van der Waals surface area contributed by atoms with Gasteiger partial charge in [0.25, 0.3) is 3.79 Å². The third-order valence-corrected chi connectivity index (χ3v) is 4.07. The first-order valence-corrected chi connectivity index (χ1v) is 8.20. The van der Waals surface area contributed by atoms with Crippen molar-refractivity contribution in [3.63, 3.8) is 0 Å². The van der Waals surface area contributed by atoms with Crippen molar-refractivity contribution < 1.29 is 39.5 Å². The molecule has 0 aromatic heterocycles. The summed E-state index contributed by atoms with van der Waals surface area (Å²) in [6, 6.07) is 0. The van der Waals surface area contributed by atoms with Crippen LogP contribution in [-0.4, -0.2) is 78.5 Å². The van der Waals surface area contributed by atoms with Crippen LogP contribution in [0.4, 0.5) is 0 Å². The Kier molecular flexibility index (Phi) is 7.61. The summed E-state index contributed by atoms with van der Waals surface area (Å²) in [5.74, 6) is -5.25. The van der Waals surface area contributed by atoms with E-state index in [0.29, 0.717) is 0 Å². The molecule has 0 spiro atoms. The molecule has 1 rings (SSSR count). The Morgan fingerprint density at radius 1 is 1.20 bits per heavy atom. The van der Waals surface area contributed by atoms with Gasteiger partial charge in [-0.3, -0.25) is 10.2 Å². The molecule has 0 aromatic carbocycles. The number of aliphatic hydroxyl groups is 4. The summed E-state index contributed by atoms with van der Waals surface area (Å²) in [5.41, 5.74) is 0. The number of ketones is 2. The summed E-state index contributed by atoms with van der Waals surface area (Å²) in [6.45, 7) is 0.370. The fourth-order valence-corrected chi connectivity index (χ4v) is 2.30. The van der Waals surface area contributed by atoms with Crippen molar-refractivity contribution in [1.29, 1.82) is 5.41 Å². The van der Waals surface area contributed by atoms with Gasteiger partial charge in [0.05, 0.1) is 6.61 Å². The fraction of sp³-hybridized carbons (Fsp3) is 0.769. The smallest absolute Gasteiger partial charge is 0.301 e. The second-order valence-corrected chi connectivity index (χ2v) is 7.77. The largest absolute Gasteiger partial charge is 0.435 e. The maximum absolute atomic E-state index is 12.5. The third-order valence-electron chi connectivity index (χ3n) is 3.55.